The molecule has 120 valence electrons. The number of nitrogens with zero attached hydrogens (tertiary/aromatic N) is 2. The van der Waals surface area contributed by atoms with Crippen LogP contribution in [0.25, 0.3) is 21.5 Å². The van der Waals surface area contributed by atoms with E-state index in [9.17, 15) is 4.79 Å². The topological polar surface area (TPSA) is 81.2 Å². The lowest BCUT2D eigenvalue weighted by molar-refractivity contribution is 0.0997. The SMILES string of the molecule is Cc1c(C(=O)Nc2nonc2-c2cccs2)oc2ccc(Br)cc12. The average molecular weight is 404 g/mol. The Kier molecular flexibility index (Phi) is 3.70. The predicted octanol–water partition coefficient (Wildman–Crippen LogP) is 4.87. The number of hydrogen-bond acceptors (Lipinski definition) is 6. The molecule has 0 aliphatic carbocycles. The van der Waals surface area contributed by atoms with E-state index in [-0.39, 0.29) is 11.6 Å². The van der Waals surface area contributed by atoms with Gasteiger partial charge in [-0.1, -0.05) is 22.0 Å². The quantitative estimate of drug-likeness (QED) is 0.527. The van der Waals surface area contributed by atoms with Crippen LogP contribution in [0.4, 0.5) is 5.82 Å². The molecule has 0 aliphatic heterocycles. The number of anilines is 1. The standard InChI is InChI=1S/C16H10BrN3O3S/c1-8-10-7-9(17)4-5-11(10)22-14(8)16(21)18-15-13(19-23-20-15)12-3-2-6-24-12/h2-7H,1H3,(H,18,20,21). The third kappa shape index (κ3) is 2.53. The number of aryl methyl sites for hydroxylation is 1. The summed E-state index contributed by atoms with van der Waals surface area (Å²) in [4.78, 5) is 13.4. The highest BCUT2D eigenvalue weighted by Gasteiger charge is 2.22. The molecule has 3 heterocycles. The van der Waals surface area contributed by atoms with Crippen molar-refractivity contribution in [1.82, 2.24) is 10.3 Å². The zero-order valence-electron chi connectivity index (χ0n) is 12.4. The van der Waals surface area contributed by atoms with Crippen LogP contribution in [-0.2, 0) is 0 Å². The van der Waals surface area contributed by atoms with Crippen LogP contribution in [0.2, 0.25) is 0 Å². The number of hydrogen-bond donors (Lipinski definition) is 1. The van der Waals surface area contributed by atoms with Crippen molar-refractivity contribution < 1.29 is 13.8 Å². The predicted molar refractivity (Wildman–Crippen MR) is 94.2 cm³/mol. The van der Waals surface area contributed by atoms with Crippen LogP contribution in [0.3, 0.4) is 0 Å². The lowest BCUT2D eigenvalue weighted by atomic mass is 10.1. The van der Waals surface area contributed by atoms with Crippen LogP contribution in [0.1, 0.15) is 16.1 Å². The number of fused-ring (bicyclic) bond motifs is 1. The molecule has 1 N–H and O–H groups in total. The van der Waals surface area contributed by atoms with E-state index in [1.165, 1.54) is 11.3 Å². The fraction of sp³-hybridized carbons (Fsp3) is 0.0625. The summed E-state index contributed by atoms with van der Waals surface area (Å²) in [5.74, 6) is 0.111. The van der Waals surface area contributed by atoms with E-state index < -0.39 is 5.91 Å². The number of carbonyl (C=O) groups excluding carboxylic acids is 1. The molecule has 0 bridgehead atoms. The fourth-order valence-corrected chi connectivity index (χ4v) is 3.49. The maximum absolute atomic E-state index is 12.6. The zero-order chi connectivity index (χ0) is 16.7. The van der Waals surface area contributed by atoms with Gasteiger partial charge in [0.1, 0.15) is 5.58 Å². The molecular formula is C16H10BrN3O3S. The van der Waals surface area contributed by atoms with E-state index in [1.807, 2.05) is 42.6 Å². The van der Waals surface area contributed by atoms with Gasteiger partial charge in [-0.2, -0.15) is 0 Å². The number of halogens is 1. The molecule has 1 amide bonds. The molecule has 0 atom stereocenters. The number of furan rings is 1. The molecule has 4 rings (SSSR count). The maximum Gasteiger partial charge on any atom is 0.292 e. The van der Waals surface area contributed by atoms with Crippen LogP contribution in [0.5, 0.6) is 0 Å². The van der Waals surface area contributed by atoms with Crippen LogP contribution in [-0.4, -0.2) is 16.2 Å². The van der Waals surface area contributed by atoms with Gasteiger partial charge in [0.05, 0.1) is 4.88 Å². The van der Waals surface area contributed by atoms with Gasteiger partial charge < -0.3 is 4.42 Å². The molecule has 4 aromatic rings. The third-order valence-electron chi connectivity index (χ3n) is 3.58. The lowest BCUT2D eigenvalue weighted by Crippen LogP contribution is -2.13. The van der Waals surface area contributed by atoms with Gasteiger partial charge in [-0.05, 0) is 46.9 Å². The lowest BCUT2D eigenvalue weighted by Gasteiger charge is -2.00. The van der Waals surface area contributed by atoms with Crippen LogP contribution < -0.4 is 5.32 Å². The van der Waals surface area contributed by atoms with Gasteiger partial charge in [0, 0.05) is 15.4 Å². The summed E-state index contributed by atoms with van der Waals surface area (Å²) in [5, 5.41) is 13.1. The second-order valence-corrected chi connectivity index (χ2v) is 6.95. The number of nitrogens with one attached hydrogen (secondary N) is 1. The third-order valence-corrected chi connectivity index (χ3v) is 4.95. The largest absolute Gasteiger partial charge is 0.451 e. The number of amides is 1. The molecule has 6 nitrogen and oxygen atoms in total. The molecule has 0 spiro atoms. The highest BCUT2D eigenvalue weighted by Crippen LogP contribution is 2.31. The normalized spacial score (nSPS) is 11.1. The van der Waals surface area contributed by atoms with Crippen molar-refractivity contribution >= 4 is 50.0 Å². The van der Waals surface area contributed by atoms with E-state index in [1.54, 1.807) is 0 Å². The Balaban J connectivity index is 1.69. The highest BCUT2D eigenvalue weighted by atomic mass is 79.9. The summed E-state index contributed by atoms with van der Waals surface area (Å²) in [5.41, 5.74) is 1.91. The summed E-state index contributed by atoms with van der Waals surface area (Å²) >= 11 is 4.91. The number of aromatic nitrogens is 2. The van der Waals surface area contributed by atoms with Crippen LogP contribution in [0, 0.1) is 6.92 Å². The van der Waals surface area contributed by atoms with Gasteiger partial charge in [-0.15, -0.1) is 11.3 Å². The molecule has 0 aliphatic rings. The van der Waals surface area contributed by atoms with Gasteiger partial charge in [-0.3, -0.25) is 10.1 Å². The zero-order valence-corrected chi connectivity index (χ0v) is 14.8. The van der Waals surface area contributed by atoms with Crippen molar-refractivity contribution in [2.45, 2.75) is 6.92 Å². The molecule has 0 saturated carbocycles. The summed E-state index contributed by atoms with van der Waals surface area (Å²) in [7, 11) is 0. The van der Waals surface area contributed by atoms with Crippen molar-refractivity contribution in [3.8, 4) is 10.6 Å². The molecule has 0 fully saturated rings. The molecule has 0 saturated heterocycles. The highest BCUT2D eigenvalue weighted by molar-refractivity contribution is 9.10. The van der Waals surface area contributed by atoms with Gasteiger partial charge >= 0.3 is 0 Å². The van der Waals surface area contributed by atoms with Gasteiger partial charge in [0.25, 0.3) is 5.91 Å². The average Bonchev–Trinajstić information content (AvgIpc) is 3.28. The minimum absolute atomic E-state index is 0.239. The minimum Gasteiger partial charge on any atom is -0.451 e. The van der Waals surface area contributed by atoms with E-state index in [2.05, 4.69) is 31.6 Å². The molecule has 24 heavy (non-hydrogen) atoms. The Morgan fingerprint density at radius 3 is 2.96 bits per heavy atom. The Labute approximate surface area is 148 Å². The summed E-state index contributed by atoms with van der Waals surface area (Å²) in [6.07, 6.45) is 0. The van der Waals surface area contributed by atoms with E-state index >= 15 is 0 Å². The first-order chi connectivity index (χ1) is 11.6. The van der Waals surface area contributed by atoms with Crippen molar-refractivity contribution in [2.75, 3.05) is 5.32 Å². The molecule has 0 radical (unpaired) electrons. The molecule has 0 unspecified atom stereocenters. The van der Waals surface area contributed by atoms with E-state index in [4.69, 9.17) is 9.05 Å². The summed E-state index contributed by atoms with van der Waals surface area (Å²) in [6, 6.07) is 9.37. The summed E-state index contributed by atoms with van der Waals surface area (Å²) in [6.45, 7) is 1.84. The van der Waals surface area contributed by atoms with Crippen molar-refractivity contribution in [1.29, 1.82) is 0 Å². The van der Waals surface area contributed by atoms with Gasteiger partial charge in [-0.25, -0.2) is 4.63 Å². The minimum atomic E-state index is -0.395. The monoisotopic (exact) mass is 403 g/mol. The van der Waals surface area contributed by atoms with Gasteiger partial charge in [0.15, 0.2) is 11.5 Å². The maximum atomic E-state index is 12.6. The van der Waals surface area contributed by atoms with Crippen molar-refractivity contribution in [3.63, 3.8) is 0 Å². The van der Waals surface area contributed by atoms with E-state index in [0.29, 0.717) is 11.3 Å². The van der Waals surface area contributed by atoms with E-state index in [0.717, 1.165) is 20.3 Å². The molecule has 8 heteroatoms. The van der Waals surface area contributed by atoms with Crippen LogP contribution >= 0.6 is 27.3 Å². The Morgan fingerprint density at radius 2 is 2.17 bits per heavy atom. The molecule has 1 aromatic carbocycles. The second kappa shape index (κ2) is 5.88. The fourth-order valence-electron chi connectivity index (χ4n) is 2.42. The smallest absolute Gasteiger partial charge is 0.292 e. The van der Waals surface area contributed by atoms with Gasteiger partial charge in [0.2, 0.25) is 5.82 Å². The molecular weight excluding hydrogens is 394 g/mol. The van der Waals surface area contributed by atoms with Crippen LogP contribution in [0.15, 0.2) is 49.2 Å². The number of benzene rings is 1. The Hall–Kier alpha value is -2.45. The Bertz CT molecular complexity index is 1040. The number of rotatable bonds is 3. The second-order valence-electron chi connectivity index (χ2n) is 5.09. The first kappa shape index (κ1) is 15.1. The van der Waals surface area contributed by atoms with Crippen molar-refractivity contribution in [3.05, 3.63) is 51.5 Å². The first-order valence-electron chi connectivity index (χ1n) is 7.00. The first-order valence-corrected chi connectivity index (χ1v) is 8.67. The number of carbonyl (C=O) groups is 1. The van der Waals surface area contributed by atoms with Crippen molar-refractivity contribution in [2.24, 2.45) is 0 Å². The number of thiophene rings is 1. The molecule has 3 aromatic heterocycles. The summed E-state index contributed by atoms with van der Waals surface area (Å²) < 4.78 is 11.4. The Morgan fingerprint density at radius 1 is 1.29 bits per heavy atom.